The fraction of sp³-hybridized carbons (Fsp3) is 0.100. The number of para-hydroxylation sites is 2. The van der Waals surface area contributed by atoms with Gasteiger partial charge < -0.3 is 14.7 Å². The van der Waals surface area contributed by atoms with E-state index in [-0.39, 0.29) is 5.78 Å². The van der Waals surface area contributed by atoms with E-state index in [2.05, 4.69) is 9.97 Å². The molecule has 25 heavy (non-hydrogen) atoms. The predicted octanol–water partition coefficient (Wildman–Crippen LogP) is 4.08. The summed E-state index contributed by atoms with van der Waals surface area (Å²) in [5, 5.41) is 1.74. The Balaban J connectivity index is 1.55. The highest BCUT2D eigenvalue weighted by Gasteiger charge is 2.23. The first-order valence-corrected chi connectivity index (χ1v) is 8.02. The van der Waals surface area contributed by atoms with Crippen molar-refractivity contribution < 1.29 is 14.3 Å². The first-order valence-electron chi connectivity index (χ1n) is 8.02. The van der Waals surface area contributed by atoms with Crippen LogP contribution in [-0.2, 0) is 4.74 Å². The van der Waals surface area contributed by atoms with Crippen LogP contribution in [-0.4, -0.2) is 27.8 Å². The number of esters is 1. The largest absolute Gasteiger partial charge is 0.450 e. The van der Waals surface area contributed by atoms with Crippen LogP contribution in [0, 0.1) is 0 Å². The molecule has 0 aliphatic rings. The van der Waals surface area contributed by atoms with Crippen LogP contribution in [0.4, 0.5) is 0 Å². The van der Waals surface area contributed by atoms with Crippen LogP contribution in [0.25, 0.3) is 21.8 Å². The molecule has 0 bridgehead atoms. The predicted molar refractivity (Wildman–Crippen MR) is 95.8 cm³/mol. The van der Waals surface area contributed by atoms with Crippen molar-refractivity contribution in [1.82, 2.24) is 9.97 Å². The second kappa shape index (κ2) is 5.94. The Kier molecular flexibility index (Phi) is 3.61. The average Bonchev–Trinajstić information content (AvgIpc) is 3.25. The molecule has 0 amide bonds. The van der Waals surface area contributed by atoms with Gasteiger partial charge in [-0.15, -0.1) is 0 Å². The topological polar surface area (TPSA) is 75.0 Å². The number of hydrogen-bond acceptors (Lipinski definition) is 3. The molecule has 1 atom stereocenters. The first kappa shape index (κ1) is 15.2. The van der Waals surface area contributed by atoms with Crippen LogP contribution >= 0.6 is 0 Å². The molecule has 0 saturated heterocycles. The fourth-order valence-electron chi connectivity index (χ4n) is 2.96. The number of carbonyl (C=O) groups excluding carboxylic acids is 2. The van der Waals surface area contributed by atoms with Gasteiger partial charge in [0.25, 0.3) is 0 Å². The Morgan fingerprint density at radius 1 is 1.00 bits per heavy atom. The molecule has 4 rings (SSSR count). The van der Waals surface area contributed by atoms with Crippen molar-refractivity contribution in [2.45, 2.75) is 13.0 Å². The lowest BCUT2D eigenvalue weighted by Gasteiger charge is -2.11. The average molecular weight is 332 g/mol. The van der Waals surface area contributed by atoms with Gasteiger partial charge in [0.05, 0.1) is 0 Å². The van der Waals surface area contributed by atoms with Crippen LogP contribution in [0.1, 0.15) is 27.8 Å². The van der Waals surface area contributed by atoms with Crippen molar-refractivity contribution in [1.29, 1.82) is 0 Å². The zero-order chi connectivity index (χ0) is 17.4. The highest BCUT2D eigenvalue weighted by atomic mass is 16.5. The molecule has 5 heteroatoms. The highest BCUT2D eigenvalue weighted by Crippen LogP contribution is 2.21. The van der Waals surface area contributed by atoms with Gasteiger partial charge in [-0.05, 0) is 25.1 Å². The standard InChI is InChI=1S/C20H16N2O3/c1-12(19(23)15-11-21-17-9-5-3-7-14(15)17)25-20(24)18-10-13-6-2-4-8-16(13)22-18/h2-12,21-22H,1H3/t12-/m1/s1. The molecule has 5 nitrogen and oxygen atoms in total. The van der Waals surface area contributed by atoms with Crippen molar-refractivity contribution in [3.8, 4) is 0 Å². The lowest BCUT2D eigenvalue weighted by molar-refractivity contribution is 0.0314. The normalized spacial score (nSPS) is 12.4. The van der Waals surface area contributed by atoms with E-state index in [4.69, 9.17) is 4.74 Å². The minimum atomic E-state index is -0.877. The first-order chi connectivity index (χ1) is 12.1. The van der Waals surface area contributed by atoms with Gasteiger partial charge in [-0.1, -0.05) is 36.4 Å². The fourth-order valence-corrected chi connectivity index (χ4v) is 2.96. The van der Waals surface area contributed by atoms with E-state index in [1.165, 1.54) is 0 Å². The summed E-state index contributed by atoms with van der Waals surface area (Å²) in [5.41, 5.74) is 2.58. The number of aromatic amines is 2. The Labute approximate surface area is 143 Å². The maximum atomic E-state index is 12.7. The minimum Gasteiger partial charge on any atom is -0.450 e. The third-order valence-electron chi connectivity index (χ3n) is 4.26. The maximum Gasteiger partial charge on any atom is 0.355 e. The summed E-state index contributed by atoms with van der Waals surface area (Å²) in [6, 6.07) is 16.8. The second-order valence-electron chi connectivity index (χ2n) is 5.93. The van der Waals surface area contributed by atoms with Crippen LogP contribution in [0.5, 0.6) is 0 Å². The zero-order valence-electron chi connectivity index (χ0n) is 13.6. The maximum absolute atomic E-state index is 12.7. The van der Waals surface area contributed by atoms with E-state index >= 15 is 0 Å². The minimum absolute atomic E-state index is 0.234. The molecule has 2 aromatic heterocycles. The van der Waals surface area contributed by atoms with Crippen LogP contribution < -0.4 is 0 Å². The number of benzene rings is 2. The lowest BCUT2D eigenvalue weighted by atomic mass is 10.1. The van der Waals surface area contributed by atoms with Gasteiger partial charge in [-0.3, -0.25) is 4.79 Å². The molecular weight excluding hydrogens is 316 g/mol. The number of nitrogens with one attached hydrogen (secondary N) is 2. The SMILES string of the molecule is C[C@@H](OC(=O)c1cc2ccccc2[nH]1)C(=O)c1c[nH]c2ccccc12. The molecule has 2 heterocycles. The number of rotatable bonds is 4. The van der Waals surface area contributed by atoms with E-state index in [9.17, 15) is 9.59 Å². The molecule has 0 fully saturated rings. The molecule has 0 aliphatic heterocycles. The number of Topliss-reactive ketones (excluding diaryl/α,β-unsaturated/α-hetero) is 1. The molecule has 124 valence electrons. The van der Waals surface area contributed by atoms with Crippen molar-refractivity contribution >= 4 is 33.6 Å². The van der Waals surface area contributed by atoms with Gasteiger partial charge in [0, 0.05) is 33.6 Å². The molecular formula is C20H16N2O3. The van der Waals surface area contributed by atoms with E-state index in [1.807, 2.05) is 48.5 Å². The molecule has 2 aromatic carbocycles. The summed E-state index contributed by atoms with van der Waals surface area (Å²) in [6.45, 7) is 1.59. The van der Waals surface area contributed by atoms with Gasteiger partial charge in [0.1, 0.15) is 5.69 Å². The van der Waals surface area contributed by atoms with Gasteiger partial charge in [-0.2, -0.15) is 0 Å². The summed E-state index contributed by atoms with van der Waals surface area (Å²) in [4.78, 5) is 31.1. The van der Waals surface area contributed by atoms with E-state index in [0.29, 0.717) is 11.3 Å². The van der Waals surface area contributed by atoms with E-state index in [0.717, 1.165) is 21.8 Å². The Bertz CT molecular complexity index is 1060. The summed E-state index contributed by atoms with van der Waals surface area (Å²) < 4.78 is 5.37. The molecule has 0 aliphatic carbocycles. The Hall–Kier alpha value is -3.34. The summed E-state index contributed by atoms with van der Waals surface area (Å²) in [6.07, 6.45) is 0.776. The van der Waals surface area contributed by atoms with Crippen molar-refractivity contribution in [3.63, 3.8) is 0 Å². The third kappa shape index (κ3) is 2.70. The molecule has 2 N–H and O–H groups in total. The van der Waals surface area contributed by atoms with Crippen molar-refractivity contribution in [2.24, 2.45) is 0 Å². The zero-order valence-corrected chi connectivity index (χ0v) is 13.6. The summed E-state index contributed by atoms with van der Waals surface area (Å²) in [7, 11) is 0. The van der Waals surface area contributed by atoms with Gasteiger partial charge in [0.15, 0.2) is 6.10 Å². The van der Waals surface area contributed by atoms with Crippen LogP contribution in [0.2, 0.25) is 0 Å². The quantitative estimate of drug-likeness (QED) is 0.437. The number of hydrogen-bond donors (Lipinski definition) is 2. The van der Waals surface area contributed by atoms with Crippen LogP contribution in [0.3, 0.4) is 0 Å². The van der Waals surface area contributed by atoms with Gasteiger partial charge in [-0.25, -0.2) is 4.79 Å². The Morgan fingerprint density at radius 2 is 1.72 bits per heavy atom. The number of ether oxygens (including phenoxy) is 1. The second-order valence-corrected chi connectivity index (χ2v) is 5.93. The van der Waals surface area contributed by atoms with Gasteiger partial charge in [0.2, 0.25) is 5.78 Å². The molecule has 0 unspecified atom stereocenters. The summed E-state index contributed by atoms with van der Waals surface area (Å²) in [5.74, 6) is -0.779. The molecule has 0 radical (unpaired) electrons. The number of H-pyrrole nitrogens is 2. The van der Waals surface area contributed by atoms with E-state index < -0.39 is 12.1 Å². The number of aromatic nitrogens is 2. The number of ketones is 1. The smallest absolute Gasteiger partial charge is 0.355 e. The van der Waals surface area contributed by atoms with Crippen molar-refractivity contribution in [2.75, 3.05) is 0 Å². The molecule has 0 saturated carbocycles. The van der Waals surface area contributed by atoms with Gasteiger partial charge >= 0.3 is 5.97 Å². The molecule has 4 aromatic rings. The Morgan fingerprint density at radius 3 is 2.52 bits per heavy atom. The molecule has 0 spiro atoms. The number of carbonyl (C=O) groups is 2. The van der Waals surface area contributed by atoms with E-state index in [1.54, 1.807) is 19.2 Å². The third-order valence-corrected chi connectivity index (χ3v) is 4.26. The number of fused-ring (bicyclic) bond motifs is 2. The monoisotopic (exact) mass is 332 g/mol. The highest BCUT2D eigenvalue weighted by molar-refractivity contribution is 6.10. The van der Waals surface area contributed by atoms with Crippen molar-refractivity contribution in [3.05, 3.63) is 72.1 Å². The lowest BCUT2D eigenvalue weighted by Crippen LogP contribution is -2.24. The summed E-state index contributed by atoms with van der Waals surface area (Å²) >= 11 is 0. The van der Waals surface area contributed by atoms with Crippen LogP contribution in [0.15, 0.2) is 60.8 Å².